The molecule has 4 nitrogen and oxygen atoms in total. The third-order valence-corrected chi connectivity index (χ3v) is 4.25. The Bertz CT molecular complexity index is 862. The van der Waals surface area contributed by atoms with Crippen LogP contribution in [0.5, 0.6) is 0 Å². The molecule has 0 aliphatic carbocycles. The largest absolute Gasteiger partial charge is 0.339 e. The molecule has 2 aromatic carbocycles. The molecule has 1 heterocycles. The van der Waals surface area contributed by atoms with Crippen LogP contribution in [0.3, 0.4) is 0 Å². The van der Waals surface area contributed by atoms with Crippen molar-refractivity contribution >= 4 is 39.0 Å². The summed E-state index contributed by atoms with van der Waals surface area (Å²) >= 11 is 3.48. The number of benzene rings is 2. The van der Waals surface area contributed by atoms with Crippen LogP contribution in [0.15, 0.2) is 71.3 Å². The average Bonchev–Trinajstić information content (AvgIpc) is 2.59. The van der Waals surface area contributed by atoms with Crippen molar-refractivity contribution in [1.29, 1.82) is 0 Å². The first-order valence-electron chi connectivity index (χ1n) is 7.48. The van der Waals surface area contributed by atoms with E-state index in [-0.39, 0.29) is 5.91 Å². The molecule has 0 aliphatic rings. The van der Waals surface area contributed by atoms with Crippen LogP contribution in [-0.4, -0.2) is 10.9 Å². The summed E-state index contributed by atoms with van der Waals surface area (Å²) in [5.74, 6) is 0.499. The molecule has 2 N–H and O–H groups in total. The van der Waals surface area contributed by atoms with Gasteiger partial charge in [0.25, 0.3) is 5.91 Å². The summed E-state index contributed by atoms with van der Waals surface area (Å²) < 4.78 is 0.952. The van der Waals surface area contributed by atoms with Crippen molar-refractivity contribution in [1.82, 2.24) is 4.98 Å². The number of carbonyl (C=O) groups excluding carboxylic acids is 1. The summed E-state index contributed by atoms with van der Waals surface area (Å²) in [6, 6.07) is 19.0. The number of hydrogen-bond donors (Lipinski definition) is 2. The lowest BCUT2D eigenvalue weighted by atomic mass is 10.2. The molecule has 0 radical (unpaired) electrons. The van der Waals surface area contributed by atoms with Gasteiger partial charge >= 0.3 is 0 Å². The molecular weight excluding hydrogens is 366 g/mol. The van der Waals surface area contributed by atoms with Crippen LogP contribution in [0.4, 0.5) is 17.2 Å². The van der Waals surface area contributed by atoms with Crippen molar-refractivity contribution in [2.75, 3.05) is 10.6 Å². The van der Waals surface area contributed by atoms with E-state index in [0.29, 0.717) is 11.4 Å². The maximum atomic E-state index is 12.3. The number of halogens is 1. The summed E-state index contributed by atoms with van der Waals surface area (Å²) in [7, 11) is 0. The number of para-hydroxylation sites is 2. The van der Waals surface area contributed by atoms with Crippen LogP contribution in [0.2, 0.25) is 0 Å². The van der Waals surface area contributed by atoms with Crippen molar-refractivity contribution in [3.63, 3.8) is 0 Å². The van der Waals surface area contributed by atoms with Gasteiger partial charge in [-0.25, -0.2) is 4.98 Å². The second-order valence-electron chi connectivity index (χ2n) is 5.31. The molecule has 0 unspecified atom stereocenters. The molecule has 0 aliphatic heterocycles. The van der Waals surface area contributed by atoms with Gasteiger partial charge in [0.2, 0.25) is 0 Å². The summed E-state index contributed by atoms with van der Waals surface area (Å²) in [5.41, 5.74) is 3.25. The zero-order valence-corrected chi connectivity index (χ0v) is 14.7. The number of nitrogens with one attached hydrogen (secondary N) is 2. The van der Waals surface area contributed by atoms with Gasteiger partial charge in [-0.15, -0.1) is 0 Å². The smallest absolute Gasteiger partial charge is 0.257 e. The number of anilines is 3. The van der Waals surface area contributed by atoms with Crippen molar-refractivity contribution in [2.45, 2.75) is 6.92 Å². The Morgan fingerprint density at radius 1 is 0.958 bits per heavy atom. The fourth-order valence-electron chi connectivity index (χ4n) is 2.21. The van der Waals surface area contributed by atoms with E-state index in [2.05, 4.69) is 31.5 Å². The minimum Gasteiger partial charge on any atom is -0.339 e. The Kier molecular flexibility index (Phi) is 4.91. The van der Waals surface area contributed by atoms with Gasteiger partial charge in [-0.3, -0.25) is 4.79 Å². The monoisotopic (exact) mass is 381 g/mol. The molecule has 24 heavy (non-hydrogen) atoms. The lowest BCUT2D eigenvalue weighted by Crippen LogP contribution is -2.13. The zero-order chi connectivity index (χ0) is 16.9. The maximum Gasteiger partial charge on any atom is 0.257 e. The number of aryl methyl sites for hydroxylation is 1. The lowest BCUT2D eigenvalue weighted by Gasteiger charge is -2.10. The van der Waals surface area contributed by atoms with Crippen LogP contribution in [-0.2, 0) is 0 Å². The molecule has 5 heteroatoms. The molecule has 1 aromatic heterocycles. The molecule has 120 valence electrons. The zero-order valence-electron chi connectivity index (χ0n) is 13.1. The molecule has 0 bridgehead atoms. The molecule has 3 rings (SSSR count). The third-order valence-electron chi connectivity index (χ3n) is 3.56. The quantitative estimate of drug-likeness (QED) is 0.656. The first-order chi connectivity index (χ1) is 11.6. The first-order valence-corrected chi connectivity index (χ1v) is 8.27. The fourth-order valence-corrected chi connectivity index (χ4v) is 2.59. The van der Waals surface area contributed by atoms with Gasteiger partial charge < -0.3 is 10.6 Å². The second-order valence-corrected chi connectivity index (χ2v) is 6.16. The standard InChI is InChI=1S/C19H16BrN3O/c1-13-6-2-4-8-16(13)23-19(24)14-10-11-18(21-12-14)22-17-9-5-3-7-15(17)20/h2-12H,1H3,(H,21,22)(H,23,24). The van der Waals surface area contributed by atoms with Gasteiger partial charge in [0.1, 0.15) is 5.82 Å². The lowest BCUT2D eigenvalue weighted by molar-refractivity contribution is 0.102. The molecule has 3 aromatic rings. The van der Waals surface area contributed by atoms with Crippen molar-refractivity contribution in [3.8, 4) is 0 Å². The number of rotatable bonds is 4. The Morgan fingerprint density at radius 2 is 1.67 bits per heavy atom. The van der Waals surface area contributed by atoms with E-state index in [0.717, 1.165) is 21.4 Å². The minimum atomic E-state index is -0.177. The van der Waals surface area contributed by atoms with E-state index >= 15 is 0 Å². The van der Waals surface area contributed by atoms with Crippen molar-refractivity contribution in [2.24, 2.45) is 0 Å². The summed E-state index contributed by atoms with van der Waals surface area (Å²) in [6.07, 6.45) is 1.56. The van der Waals surface area contributed by atoms with Crippen LogP contribution in [0, 0.1) is 6.92 Å². The van der Waals surface area contributed by atoms with E-state index < -0.39 is 0 Å². The number of nitrogens with zero attached hydrogens (tertiary/aromatic N) is 1. The first kappa shape index (κ1) is 16.2. The van der Waals surface area contributed by atoms with E-state index in [4.69, 9.17) is 0 Å². The number of aromatic nitrogens is 1. The Hall–Kier alpha value is -2.66. The van der Waals surface area contributed by atoms with E-state index in [1.807, 2.05) is 55.5 Å². The highest BCUT2D eigenvalue weighted by molar-refractivity contribution is 9.10. The summed E-state index contributed by atoms with van der Waals surface area (Å²) in [6.45, 7) is 1.96. The Morgan fingerprint density at radius 3 is 2.33 bits per heavy atom. The number of amides is 1. The van der Waals surface area contributed by atoms with E-state index in [9.17, 15) is 4.79 Å². The van der Waals surface area contributed by atoms with E-state index in [1.54, 1.807) is 18.3 Å². The van der Waals surface area contributed by atoms with Gasteiger partial charge in [0.05, 0.1) is 11.3 Å². The van der Waals surface area contributed by atoms with Gasteiger partial charge in [-0.1, -0.05) is 30.3 Å². The minimum absolute atomic E-state index is 0.177. The van der Waals surface area contributed by atoms with Crippen molar-refractivity contribution in [3.05, 3.63) is 82.5 Å². The Labute approximate surface area is 149 Å². The highest BCUT2D eigenvalue weighted by Crippen LogP contribution is 2.24. The predicted molar refractivity (Wildman–Crippen MR) is 101 cm³/mol. The van der Waals surface area contributed by atoms with E-state index in [1.165, 1.54) is 0 Å². The normalized spacial score (nSPS) is 10.2. The van der Waals surface area contributed by atoms with Crippen LogP contribution >= 0.6 is 15.9 Å². The molecular formula is C19H16BrN3O. The van der Waals surface area contributed by atoms with Gasteiger partial charge in [-0.05, 0) is 58.7 Å². The van der Waals surface area contributed by atoms with Crippen LogP contribution in [0.25, 0.3) is 0 Å². The molecule has 0 atom stereocenters. The summed E-state index contributed by atoms with van der Waals surface area (Å²) in [5, 5.41) is 6.11. The summed E-state index contributed by atoms with van der Waals surface area (Å²) in [4.78, 5) is 16.6. The predicted octanol–water partition coefficient (Wildman–Crippen LogP) is 5.15. The van der Waals surface area contributed by atoms with Gasteiger partial charge in [-0.2, -0.15) is 0 Å². The molecule has 1 amide bonds. The number of pyridine rings is 1. The topological polar surface area (TPSA) is 54.0 Å². The Balaban J connectivity index is 1.71. The highest BCUT2D eigenvalue weighted by Gasteiger charge is 2.08. The van der Waals surface area contributed by atoms with Crippen LogP contribution < -0.4 is 10.6 Å². The van der Waals surface area contributed by atoms with Crippen LogP contribution in [0.1, 0.15) is 15.9 Å². The molecule has 0 spiro atoms. The molecule has 0 saturated carbocycles. The molecule has 0 saturated heterocycles. The van der Waals surface area contributed by atoms with Gasteiger partial charge in [0.15, 0.2) is 0 Å². The second kappa shape index (κ2) is 7.27. The van der Waals surface area contributed by atoms with Gasteiger partial charge in [0, 0.05) is 16.4 Å². The third kappa shape index (κ3) is 3.81. The highest BCUT2D eigenvalue weighted by atomic mass is 79.9. The van der Waals surface area contributed by atoms with Crippen molar-refractivity contribution < 1.29 is 4.79 Å². The molecule has 0 fully saturated rings. The SMILES string of the molecule is Cc1ccccc1NC(=O)c1ccc(Nc2ccccc2Br)nc1. The number of hydrogen-bond acceptors (Lipinski definition) is 3. The average molecular weight is 382 g/mol. The fraction of sp³-hybridized carbons (Fsp3) is 0.0526. The number of carbonyl (C=O) groups is 1. The maximum absolute atomic E-state index is 12.3.